The quantitative estimate of drug-likeness (QED) is 0.796. The molecule has 1 atom stereocenters. The van der Waals surface area contributed by atoms with Crippen molar-refractivity contribution in [1.82, 2.24) is 19.7 Å². The lowest BCUT2D eigenvalue weighted by Crippen LogP contribution is -2.35. The third kappa shape index (κ3) is 4.37. The number of ether oxygens (including phenoxy) is 1. The maximum absolute atomic E-state index is 12.4. The molecule has 2 aliphatic rings. The number of anilines is 2. The van der Waals surface area contributed by atoms with Gasteiger partial charge < -0.3 is 15.0 Å². The third-order valence-corrected chi connectivity index (χ3v) is 6.58. The molecular formula is C19H28N6O2S. The molecule has 1 N–H and O–H groups in total. The van der Waals surface area contributed by atoms with Crippen LogP contribution in [0.3, 0.4) is 0 Å². The van der Waals surface area contributed by atoms with E-state index in [2.05, 4.69) is 20.3 Å². The SMILES string of the molecule is CN(C)c1ncc(CN2CCC(n3nccc3NC(=O)[C@@H]3CCOC3)CC2)s1. The first kappa shape index (κ1) is 19.4. The summed E-state index contributed by atoms with van der Waals surface area (Å²) in [5, 5.41) is 8.59. The Hall–Kier alpha value is -1.97. The van der Waals surface area contributed by atoms with E-state index in [-0.39, 0.29) is 11.8 Å². The van der Waals surface area contributed by atoms with Gasteiger partial charge in [-0.1, -0.05) is 0 Å². The standard InChI is InChI=1S/C19H28N6O2S/c1-23(2)19-20-11-16(28-19)12-24-8-4-15(5-9-24)25-17(3-7-21-25)22-18(26)14-6-10-27-13-14/h3,7,11,14-15H,4-6,8-10,12-13H2,1-2H3,(H,22,26)/t14-/m1/s1. The summed E-state index contributed by atoms with van der Waals surface area (Å²) in [5.74, 6) is 0.795. The Labute approximate surface area is 169 Å². The summed E-state index contributed by atoms with van der Waals surface area (Å²) in [4.78, 5) is 22.7. The zero-order valence-corrected chi connectivity index (χ0v) is 17.3. The van der Waals surface area contributed by atoms with Crippen molar-refractivity contribution in [2.75, 3.05) is 50.6 Å². The van der Waals surface area contributed by atoms with Gasteiger partial charge in [0.1, 0.15) is 5.82 Å². The van der Waals surface area contributed by atoms with E-state index in [9.17, 15) is 4.79 Å². The number of piperidine rings is 1. The van der Waals surface area contributed by atoms with Crippen LogP contribution in [-0.4, -0.2) is 66.0 Å². The maximum Gasteiger partial charge on any atom is 0.231 e. The van der Waals surface area contributed by atoms with E-state index in [1.165, 1.54) is 4.88 Å². The van der Waals surface area contributed by atoms with Gasteiger partial charge in [-0.05, 0) is 19.3 Å². The number of hydrogen-bond acceptors (Lipinski definition) is 7. The zero-order chi connectivity index (χ0) is 19.5. The number of nitrogens with one attached hydrogen (secondary N) is 1. The normalized spacial score (nSPS) is 21.1. The molecule has 28 heavy (non-hydrogen) atoms. The molecule has 152 valence electrons. The minimum absolute atomic E-state index is 0.0403. The predicted molar refractivity (Wildman–Crippen MR) is 110 cm³/mol. The molecule has 2 aliphatic heterocycles. The highest BCUT2D eigenvalue weighted by atomic mass is 32.1. The first-order chi connectivity index (χ1) is 13.6. The highest BCUT2D eigenvalue weighted by Gasteiger charge is 2.27. The second-order valence-corrected chi connectivity index (χ2v) is 8.82. The molecule has 0 bridgehead atoms. The van der Waals surface area contributed by atoms with Crippen LogP contribution in [-0.2, 0) is 16.1 Å². The molecule has 4 rings (SSSR count). The first-order valence-corrected chi connectivity index (χ1v) is 10.7. The minimum atomic E-state index is -0.0448. The number of nitrogens with zero attached hydrogens (tertiary/aromatic N) is 5. The summed E-state index contributed by atoms with van der Waals surface area (Å²) in [5.41, 5.74) is 0. The number of carbonyl (C=O) groups excluding carboxylic acids is 1. The van der Waals surface area contributed by atoms with Crippen LogP contribution in [0.1, 0.15) is 30.2 Å². The van der Waals surface area contributed by atoms with Gasteiger partial charge in [0.2, 0.25) is 5.91 Å². The van der Waals surface area contributed by atoms with Crippen molar-refractivity contribution in [3.8, 4) is 0 Å². The van der Waals surface area contributed by atoms with Gasteiger partial charge in [0.05, 0.1) is 24.8 Å². The van der Waals surface area contributed by atoms with Crippen molar-refractivity contribution >= 4 is 28.2 Å². The number of amides is 1. The molecule has 0 radical (unpaired) electrons. The summed E-state index contributed by atoms with van der Waals surface area (Å²) >= 11 is 1.75. The van der Waals surface area contributed by atoms with E-state index in [1.807, 2.05) is 35.9 Å². The summed E-state index contributed by atoms with van der Waals surface area (Å²) in [6.07, 6.45) is 6.60. The maximum atomic E-state index is 12.4. The van der Waals surface area contributed by atoms with E-state index < -0.39 is 0 Å². The smallest absolute Gasteiger partial charge is 0.231 e. The van der Waals surface area contributed by atoms with Crippen LogP contribution in [0.15, 0.2) is 18.5 Å². The van der Waals surface area contributed by atoms with Crippen LogP contribution in [0.4, 0.5) is 10.9 Å². The van der Waals surface area contributed by atoms with E-state index in [1.54, 1.807) is 17.5 Å². The number of thiazole rings is 1. The number of aromatic nitrogens is 3. The van der Waals surface area contributed by atoms with Gasteiger partial charge in [-0.3, -0.25) is 9.69 Å². The lowest BCUT2D eigenvalue weighted by atomic mass is 10.1. The van der Waals surface area contributed by atoms with E-state index in [4.69, 9.17) is 4.74 Å². The molecule has 2 saturated heterocycles. The predicted octanol–water partition coefficient (Wildman–Crippen LogP) is 2.22. The Balaban J connectivity index is 1.31. The van der Waals surface area contributed by atoms with E-state index >= 15 is 0 Å². The van der Waals surface area contributed by atoms with Crippen LogP contribution >= 0.6 is 11.3 Å². The van der Waals surface area contributed by atoms with Crippen LogP contribution in [0, 0.1) is 5.92 Å². The largest absolute Gasteiger partial charge is 0.381 e. The molecular weight excluding hydrogens is 376 g/mol. The van der Waals surface area contributed by atoms with Gasteiger partial charge in [0, 0.05) is 57.5 Å². The van der Waals surface area contributed by atoms with Crippen molar-refractivity contribution in [3.05, 3.63) is 23.3 Å². The van der Waals surface area contributed by atoms with Gasteiger partial charge in [0.15, 0.2) is 5.13 Å². The second kappa shape index (κ2) is 8.59. The molecule has 0 aliphatic carbocycles. The molecule has 2 aromatic heterocycles. The molecule has 0 saturated carbocycles. The van der Waals surface area contributed by atoms with Gasteiger partial charge >= 0.3 is 0 Å². The number of likely N-dealkylation sites (tertiary alicyclic amines) is 1. The van der Waals surface area contributed by atoms with Crippen LogP contribution in [0.25, 0.3) is 0 Å². The highest BCUT2D eigenvalue weighted by molar-refractivity contribution is 7.15. The van der Waals surface area contributed by atoms with Crippen molar-refractivity contribution in [2.24, 2.45) is 5.92 Å². The van der Waals surface area contributed by atoms with E-state index in [0.717, 1.165) is 49.8 Å². The topological polar surface area (TPSA) is 75.5 Å². The van der Waals surface area contributed by atoms with Crippen molar-refractivity contribution in [2.45, 2.75) is 31.8 Å². The van der Waals surface area contributed by atoms with Crippen molar-refractivity contribution in [1.29, 1.82) is 0 Å². The lowest BCUT2D eigenvalue weighted by Gasteiger charge is -2.32. The molecule has 2 fully saturated rings. The average molecular weight is 405 g/mol. The number of carbonyl (C=O) groups is 1. The molecule has 2 aromatic rings. The summed E-state index contributed by atoms with van der Waals surface area (Å²) < 4.78 is 7.31. The second-order valence-electron chi connectivity index (χ2n) is 7.72. The molecule has 1 amide bonds. The van der Waals surface area contributed by atoms with Gasteiger partial charge in [0.25, 0.3) is 0 Å². The zero-order valence-electron chi connectivity index (χ0n) is 16.5. The Morgan fingerprint density at radius 3 is 2.86 bits per heavy atom. The Morgan fingerprint density at radius 2 is 2.18 bits per heavy atom. The number of hydrogen-bond donors (Lipinski definition) is 1. The van der Waals surface area contributed by atoms with Crippen molar-refractivity contribution in [3.63, 3.8) is 0 Å². The fourth-order valence-corrected chi connectivity index (χ4v) is 4.67. The Bertz CT molecular complexity index is 790. The molecule has 0 unspecified atom stereocenters. The fraction of sp³-hybridized carbons (Fsp3) is 0.632. The lowest BCUT2D eigenvalue weighted by molar-refractivity contribution is -0.119. The summed E-state index contributed by atoms with van der Waals surface area (Å²) in [6.45, 7) is 4.17. The average Bonchev–Trinajstić information content (AvgIpc) is 3.44. The van der Waals surface area contributed by atoms with Crippen molar-refractivity contribution < 1.29 is 9.53 Å². The minimum Gasteiger partial charge on any atom is -0.381 e. The van der Waals surface area contributed by atoms with E-state index in [0.29, 0.717) is 19.3 Å². The molecule has 4 heterocycles. The molecule has 9 heteroatoms. The monoisotopic (exact) mass is 404 g/mol. The fourth-order valence-electron chi connectivity index (χ4n) is 3.79. The highest BCUT2D eigenvalue weighted by Crippen LogP contribution is 2.28. The Morgan fingerprint density at radius 1 is 1.36 bits per heavy atom. The van der Waals surface area contributed by atoms with Crippen LogP contribution in [0.5, 0.6) is 0 Å². The summed E-state index contributed by atoms with van der Waals surface area (Å²) in [7, 11) is 4.04. The molecule has 0 aromatic carbocycles. The summed E-state index contributed by atoms with van der Waals surface area (Å²) in [6, 6.07) is 2.21. The third-order valence-electron chi connectivity index (χ3n) is 5.43. The van der Waals surface area contributed by atoms with Gasteiger partial charge in [-0.25, -0.2) is 9.67 Å². The van der Waals surface area contributed by atoms with Crippen LogP contribution in [0.2, 0.25) is 0 Å². The first-order valence-electron chi connectivity index (χ1n) is 9.86. The number of rotatable bonds is 6. The molecule has 8 nitrogen and oxygen atoms in total. The molecule has 0 spiro atoms. The van der Waals surface area contributed by atoms with Gasteiger partial charge in [-0.2, -0.15) is 5.10 Å². The Kier molecular flexibility index (Phi) is 5.93. The van der Waals surface area contributed by atoms with Crippen LogP contribution < -0.4 is 10.2 Å². The van der Waals surface area contributed by atoms with Gasteiger partial charge in [-0.15, -0.1) is 11.3 Å².